The van der Waals surface area contributed by atoms with Crippen molar-refractivity contribution < 1.29 is 4.74 Å². The largest absolute Gasteiger partial charge is 0.493 e. The van der Waals surface area contributed by atoms with Crippen molar-refractivity contribution in [1.82, 2.24) is 34.3 Å². The third kappa shape index (κ3) is 4.41. The molecule has 0 saturated heterocycles. The summed E-state index contributed by atoms with van der Waals surface area (Å²) >= 11 is 0. The number of nitrogens with zero attached hydrogens (tertiary/aromatic N) is 7. The van der Waals surface area contributed by atoms with Gasteiger partial charge in [-0.05, 0) is 37.0 Å². The first-order valence-electron chi connectivity index (χ1n) is 11.6. The molecule has 2 N–H and O–H groups in total. The normalized spacial score (nSPS) is 14.6. The number of hydrogen-bond acceptors (Lipinski definition) is 7. The van der Waals surface area contributed by atoms with Crippen LogP contribution in [0.4, 0.5) is 5.95 Å². The smallest absolute Gasteiger partial charge is 0.225 e. The minimum Gasteiger partial charge on any atom is -0.493 e. The number of allylic oxidation sites excluding steroid dienone is 1. The van der Waals surface area contributed by atoms with Crippen molar-refractivity contribution in [3.63, 3.8) is 0 Å². The second kappa shape index (κ2) is 9.99. The Labute approximate surface area is 193 Å². The number of benzene rings is 1. The van der Waals surface area contributed by atoms with Crippen LogP contribution in [-0.2, 0) is 24.1 Å². The van der Waals surface area contributed by atoms with Gasteiger partial charge >= 0.3 is 0 Å². The van der Waals surface area contributed by atoms with Crippen LogP contribution in [0.15, 0.2) is 36.5 Å². The maximum absolute atomic E-state index is 6.19. The molecule has 9 nitrogen and oxygen atoms in total. The summed E-state index contributed by atoms with van der Waals surface area (Å²) in [6.45, 7) is 9.62. The van der Waals surface area contributed by atoms with Gasteiger partial charge in [-0.1, -0.05) is 38.1 Å². The Morgan fingerprint density at radius 1 is 1.06 bits per heavy atom. The summed E-state index contributed by atoms with van der Waals surface area (Å²) in [5, 5.41) is 9.84. The zero-order valence-electron chi connectivity index (χ0n) is 19.8. The molecule has 174 valence electrons. The molecular formula is C24H32N8O. The van der Waals surface area contributed by atoms with Crippen molar-refractivity contribution >= 4 is 28.4 Å². The number of nitrogens with two attached hydrogens (primary N) is 1. The SMILES string of the molecule is C/C=C(\OC)c1nc2c3cnn(CCN4CCc5ccccc5CC4)c3nc(N)n2n1.CC. The molecular weight excluding hydrogens is 416 g/mol. The minimum atomic E-state index is 0.278. The fourth-order valence-electron chi connectivity index (χ4n) is 4.24. The summed E-state index contributed by atoms with van der Waals surface area (Å²) in [5.74, 6) is 1.34. The van der Waals surface area contributed by atoms with Gasteiger partial charge < -0.3 is 15.4 Å². The molecule has 0 aliphatic carbocycles. The summed E-state index contributed by atoms with van der Waals surface area (Å²) in [6, 6.07) is 8.74. The molecule has 4 aromatic rings. The summed E-state index contributed by atoms with van der Waals surface area (Å²) in [6.07, 6.45) is 5.77. The van der Waals surface area contributed by atoms with E-state index in [9.17, 15) is 0 Å². The fraction of sp³-hybridized carbons (Fsp3) is 0.417. The van der Waals surface area contributed by atoms with Gasteiger partial charge in [0.05, 0.1) is 25.2 Å². The molecule has 3 aromatic heterocycles. The molecule has 0 unspecified atom stereocenters. The highest BCUT2D eigenvalue weighted by atomic mass is 16.5. The minimum absolute atomic E-state index is 0.278. The lowest BCUT2D eigenvalue weighted by Crippen LogP contribution is -2.30. The molecule has 5 rings (SSSR count). The van der Waals surface area contributed by atoms with Crippen LogP contribution in [0.1, 0.15) is 37.7 Å². The first-order chi connectivity index (χ1) is 16.2. The molecule has 0 radical (unpaired) electrons. The van der Waals surface area contributed by atoms with E-state index in [2.05, 4.69) is 49.3 Å². The van der Waals surface area contributed by atoms with Gasteiger partial charge in [-0.25, -0.2) is 9.67 Å². The van der Waals surface area contributed by atoms with E-state index in [1.54, 1.807) is 13.3 Å². The number of nitrogen functional groups attached to an aromatic ring is 1. The number of anilines is 1. The van der Waals surface area contributed by atoms with Crippen molar-refractivity contribution in [2.75, 3.05) is 32.5 Å². The summed E-state index contributed by atoms with van der Waals surface area (Å²) in [4.78, 5) is 11.7. The van der Waals surface area contributed by atoms with Crippen LogP contribution in [0, 0.1) is 0 Å². The Kier molecular flexibility index (Phi) is 6.88. The Hall–Kier alpha value is -3.46. The molecule has 0 atom stereocenters. The van der Waals surface area contributed by atoms with Gasteiger partial charge in [0, 0.05) is 19.6 Å². The maximum atomic E-state index is 6.19. The molecule has 1 aliphatic rings. The Morgan fingerprint density at radius 2 is 1.76 bits per heavy atom. The summed E-state index contributed by atoms with van der Waals surface area (Å²) in [5.41, 5.74) is 10.5. The third-order valence-corrected chi connectivity index (χ3v) is 5.94. The average molecular weight is 449 g/mol. The van der Waals surface area contributed by atoms with Crippen LogP contribution in [0.2, 0.25) is 0 Å². The molecule has 0 saturated carbocycles. The van der Waals surface area contributed by atoms with Gasteiger partial charge in [0.25, 0.3) is 0 Å². The average Bonchev–Trinajstić information content (AvgIpc) is 3.40. The fourth-order valence-corrected chi connectivity index (χ4v) is 4.24. The number of hydrogen-bond donors (Lipinski definition) is 1. The first kappa shape index (κ1) is 22.7. The van der Waals surface area contributed by atoms with E-state index < -0.39 is 0 Å². The maximum Gasteiger partial charge on any atom is 0.225 e. The van der Waals surface area contributed by atoms with E-state index >= 15 is 0 Å². The van der Waals surface area contributed by atoms with Crippen LogP contribution in [0.25, 0.3) is 22.4 Å². The van der Waals surface area contributed by atoms with Crippen LogP contribution in [0.5, 0.6) is 0 Å². The molecule has 0 amide bonds. The number of fused-ring (bicyclic) bond motifs is 4. The van der Waals surface area contributed by atoms with E-state index in [1.807, 2.05) is 31.5 Å². The van der Waals surface area contributed by atoms with Gasteiger partial charge in [-0.15, -0.1) is 5.10 Å². The predicted molar refractivity (Wildman–Crippen MR) is 131 cm³/mol. The molecule has 1 aromatic carbocycles. The van der Waals surface area contributed by atoms with E-state index in [0.717, 1.165) is 50.1 Å². The number of aromatic nitrogens is 6. The van der Waals surface area contributed by atoms with Gasteiger partial charge in [0.1, 0.15) is 0 Å². The third-order valence-electron chi connectivity index (χ3n) is 5.94. The van der Waals surface area contributed by atoms with E-state index in [-0.39, 0.29) is 5.95 Å². The number of ether oxygens (including phenoxy) is 1. The molecule has 0 spiro atoms. The topological polar surface area (TPSA) is 99.4 Å². The molecule has 0 fully saturated rings. The summed E-state index contributed by atoms with van der Waals surface area (Å²) < 4.78 is 8.79. The van der Waals surface area contributed by atoms with Gasteiger partial charge in [-0.2, -0.15) is 14.6 Å². The van der Waals surface area contributed by atoms with Crippen molar-refractivity contribution in [2.45, 2.75) is 40.2 Å². The highest BCUT2D eigenvalue weighted by Gasteiger charge is 2.18. The molecule has 4 heterocycles. The van der Waals surface area contributed by atoms with Crippen molar-refractivity contribution in [3.05, 3.63) is 53.5 Å². The van der Waals surface area contributed by atoms with Crippen LogP contribution < -0.4 is 5.73 Å². The quantitative estimate of drug-likeness (QED) is 0.468. The molecule has 1 aliphatic heterocycles. The highest BCUT2D eigenvalue weighted by molar-refractivity contribution is 5.90. The lowest BCUT2D eigenvalue weighted by atomic mass is 10.0. The molecule has 33 heavy (non-hydrogen) atoms. The van der Waals surface area contributed by atoms with Crippen LogP contribution >= 0.6 is 0 Å². The second-order valence-electron chi connectivity index (χ2n) is 7.71. The van der Waals surface area contributed by atoms with Gasteiger partial charge in [0.15, 0.2) is 17.1 Å². The van der Waals surface area contributed by atoms with Crippen molar-refractivity contribution in [2.24, 2.45) is 0 Å². The Bertz CT molecular complexity index is 1250. The molecule has 0 bridgehead atoms. The van der Waals surface area contributed by atoms with Crippen molar-refractivity contribution in [1.29, 1.82) is 0 Å². The highest BCUT2D eigenvalue weighted by Crippen LogP contribution is 2.22. The standard InChI is InChI=1S/C22H26N8O.C2H6/c1-3-18(31-2)19-25-21-17-14-24-29(20(17)26-22(23)30(21)27-19)13-12-28-10-8-15-6-4-5-7-16(15)9-11-28;1-2/h3-7,14H,8-13H2,1-2H3,(H2,23,26);1-2H3/b18-3-;. The number of rotatable bonds is 5. The van der Waals surface area contributed by atoms with Crippen LogP contribution in [0.3, 0.4) is 0 Å². The Balaban J connectivity index is 0.00000126. The van der Waals surface area contributed by atoms with E-state index in [0.29, 0.717) is 17.2 Å². The lowest BCUT2D eigenvalue weighted by molar-refractivity contribution is 0.272. The van der Waals surface area contributed by atoms with E-state index in [1.165, 1.54) is 15.6 Å². The number of methoxy groups -OCH3 is 1. The lowest BCUT2D eigenvalue weighted by Gasteiger charge is -2.19. The predicted octanol–water partition coefficient (Wildman–Crippen LogP) is 3.19. The van der Waals surface area contributed by atoms with Crippen LogP contribution in [-0.4, -0.2) is 61.0 Å². The second-order valence-corrected chi connectivity index (χ2v) is 7.71. The van der Waals surface area contributed by atoms with E-state index in [4.69, 9.17) is 10.5 Å². The van der Waals surface area contributed by atoms with Gasteiger partial charge in [-0.3, -0.25) is 0 Å². The van der Waals surface area contributed by atoms with Gasteiger partial charge in [0.2, 0.25) is 11.8 Å². The monoisotopic (exact) mass is 448 g/mol. The zero-order valence-corrected chi connectivity index (χ0v) is 19.8. The van der Waals surface area contributed by atoms with Crippen molar-refractivity contribution in [3.8, 4) is 0 Å². The molecule has 9 heteroatoms. The first-order valence-corrected chi connectivity index (χ1v) is 11.6. The zero-order chi connectivity index (χ0) is 23.4. The Morgan fingerprint density at radius 3 is 2.39 bits per heavy atom. The summed E-state index contributed by atoms with van der Waals surface area (Å²) in [7, 11) is 1.59.